The molecular weight excluding hydrogens is 200 g/mol. The van der Waals surface area contributed by atoms with Crippen molar-refractivity contribution in [2.45, 2.75) is 18.3 Å². The molecule has 5 heteroatoms. The van der Waals surface area contributed by atoms with Crippen molar-refractivity contribution in [1.29, 1.82) is 0 Å². The average Bonchev–Trinajstić information content (AvgIpc) is 2.14. The first-order chi connectivity index (χ1) is 6.90. The van der Waals surface area contributed by atoms with Crippen molar-refractivity contribution >= 4 is 5.97 Å². The van der Waals surface area contributed by atoms with Crippen LogP contribution in [0.2, 0.25) is 0 Å². The standard InChI is InChI=1S/C10H12O5/c11-9(12)8(6-10(13,14)15)7-4-2-1-3-5-7/h1-5,8,13-15H,6H2,(H,11,12). The highest BCUT2D eigenvalue weighted by molar-refractivity contribution is 5.76. The molecule has 1 aromatic rings. The van der Waals surface area contributed by atoms with Crippen LogP contribution in [0.25, 0.3) is 0 Å². The summed E-state index contributed by atoms with van der Waals surface area (Å²) < 4.78 is 0. The molecule has 4 N–H and O–H groups in total. The van der Waals surface area contributed by atoms with Gasteiger partial charge in [0, 0.05) is 6.42 Å². The quantitative estimate of drug-likeness (QED) is 0.521. The molecule has 1 aromatic carbocycles. The van der Waals surface area contributed by atoms with E-state index in [2.05, 4.69) is 0 Å². The van der Waals surface area contributed by atoms with E-state index in [0.717, 1.165) is 0 Å². The molecule has 1 rings (SSSR count). The highest BCUT2D eigenvalue weighted by Crippen LogP contribution is 2.23. The minimum Gasteiger partial charge on any atom is -0.481 e. The lowest BCUT2D eigenvalue weighted by Gasteiger charge is -2.19. The minimum atomic E-state index is -2.97. The van der Waals surface area contributed by atoms with Gasteiger partial charge in [0.1, 0.15) is 0 Å². The van der Waals surface area contributed by atoms with Crippen LogP contribution in [0.1, 0.15) is 17.9 Å². The van der Waals surface area contributed by atoms with Crippen LogP contribution in [-0.2, 0) is 4.79 Å². The Morgan fingerprint density at radius 2 is 1.73 bits per heavy atom. The van der Waals surface area contributed by atoms with Crippen LogP contribution in [0.3, 0.4) is 0 Å². The van der Waals surface area contributed by atoms with Crippen LogP contribution in [0.5, 0.6) is 0 Å². The minimum absolute atomic E-state index is 0.409. The zero-order valence-corrected chi connectivity index (χ0v) is 7.87. The van der Waals surface area contributed by atoms with Gasteiger partial charge in [-0.3, -0.25) is 4.79 Å². The Balaban J connectivity index is 2.90. The molecule has 0 aliphatic carbocycles. The number of hydrogen-bond acceptors (Lipinski definition) is 4. The largest absolute Gasteiger partial charge is 0.481 e. The molecule has 0 radical (unpaired) electrons. The van der Waals surface area contributed by atoms with E-state index in [1.54, 1.807) is 30.3 Å². The van der Waals surface area contributed by atoms with Crippen molar-refractivity contribution < 1.29 is 25.2 Å². The van der Waals surface area contributed by atoms with Crippen LogP contribution in [0.15, 0.2) is 30.3 Å². The van der Waals surface area contributed by atoms with Crippen molar-refractivity contribution in [2.75, 3.05) is 0 Å². The fourth-order valence-electron chi connectivity index (χ4n) is 1.31. The monoisotopic (exact) mass is 212 g/mol. The number of carboxylic acids is 1. The van der Waals surface area contributed by atoms with Gasteiger partial charge in [-0.2, -0.15) is 0 Å². The summed E-state index contributed by atoms with van der Waals surface area (Å²) >= 11 is 0. The molecule has 0 aliphatic rings. The molecule has 0 amide bonds. The first-order valence-electron chi connectivity index (χ1n) is 4.35. The number of carboxylic acid groups (broad SMARTS) is 1. The lowest BCUT2D eigenvalue weighted by Crippen LogP contribution is -2.32. The van der Waals surface area contributed by atoms with Gasteiger partial charge >= 0.3 is 5.97 Å². The van der Waals surface area contributed by atoms with Gasteiger partial charge in [-0.05, 0) is 5.56 Å². The fraction of sp³-hybridized carbons (Fsp3) is 0.300. The van der Waals surface area contributed by atoms with Crippen molar-refractivity contribution in [3.05, 3.63) is 35.9 Å². The Bertz CT molecular complexity index is 327. The van der Waals surface area contributed by atoms with E-state index >= 15 is 0 Å². The third kappa shape index (κ3) is 3.67. The van der Waals surface area contributed by atoms with Gasteiger partial charge in [0.25, 0.3) is 5.97 Å². The first kappa shape index (κ1) is 11.6. The first-order valence-corrected chi connectivity index (χ1v) is 4.35. The molecule has 82 valence electrons. The fourth-order valence-corrected chi connectivity index (χ4v) is 1.31. The lowest BCUT2D eigenvalue weighted by atomic mass is 9.95. The van der Waals surface area contributed by atoms with Crippen LogP contribution < -0.4 is 0 Å². The predicted octanol–water partition coefficient (Wildman–Crippen LogP) is -0.124. The maximum absolute atomic E-state index is 10.8. The van der Waals surface area contributed by atoms with E-state index in [1.165, 1.54) is 0 Å². The van der Waals surface area contributed by atoms with E-state index in [0.29, 0.717) is 5.56 Å². The van der Waals surface area contributed by atoms with E-state index in [1.807, 2.05) is 0 Å². The molecule has 0 aliphatic heterocycles. The smallest absolute Gasteiger partial charge is 0.311 e. The van der Waals surface area contributed by atoms with E-state index < -0.39 is 24.3 Å². The van der Waals surface area contributed by atoms with Crippen LogP contribution >= 0.6 is 0 Å². The second-order valence-corrected chi connectivity index (χ2v) is 3.28. The van der Waals surface area contributed by atoms with Gasteiger partial charge in [-0.25, -0.2) is 0 Å². The maximum atomic E-state index is 10.8. The summed E-state index contributed by atoms with van der Waals surface area (Å²) in [4.78, 5) is 10.8. The van der Waals surface area contributed by atoms with Crippen molar-refractivity contribution in [2.24, 2.45) is 0 Å². The Morgan fingerprint density at radius 1 is 1.20 bits per heavy atom. The van der Waals surface area contributed by atoms with Crippen LogP contribution in [0.4, 0.5) is 0 Å². The molecule has 5 nitrogen and oxygen atoms in total. The van der Waals surface area contributed by atoms with Crippen LogP contribution in [0, 0.1) is 0 Å². The molecule has 0 spiro atoms. The Labute approximate surface area is 86.2 Å². The van der Waals surface area contributed by atoms with Crippen molar-refractivity contribution in [1.82, 2.24) is 0 Å². The second kappa shape index (κ2) is 4.39. The van der Waals surface area contributed by atoms with Gasteiger partial charge in [0.2, 0.25) is 0 Å². The third-order valence-electron chi connectivity index (χ3n) is 1.98. The molecular formula is C10H12O5. The van der Waals surface area contributed by atoms with E-state index in [4.69, 9.17) is 20.4 Å². The van der Waals surface area contributed by atoms with Crippen molar-refractivity contribution in [3.8, 4) is 0 Å². The Hall–Kier alpha value is -1.43. The highest BCUT2D eigenvalue weighted by atomic mass is 16.7. The average molecular weight is 212 g/mol. The number of hydrogen-bond donors (Lipinski definition) is 4. The van der Waals surface area contributed by atoms with Gasteiger partial charge in [0.05, 0.1) is 5.92 Å². The Kier molecular flexibility index (Phi) is 3.41. The molecule has 0 saturated carbocycles. The maximum Gasteiger partial charge on any atom is 0.311 e. The topological polar surface area (TPSA) is 98.0 Å². The molecule has 0 aromatic heterocycles. The normalized spacial score (nSPS) is 13.5. The number of rotatable bonds is 4. The summed E-state index contributed by atoms with van der Waals surface area (Å²) in [5.41, 5.74) is 0.409. The van der Waals surface area contributed by atoms with E-state index in [9.17, 15) is 4.79 Å². The highest BCUT2D eigenvalue weighted by Gasteiger charge is 2.30. The molecule has 0 fully saturated rings. The predicted molar refractivity (Wildman–Crippen MR) is 50.8 cm³/mol. The zero-order chi connectivity index (χ0) is 11.5. The lowest BCUT2D eigenvalue weighted by molar-refractivity contribution is -0.316. The second-order valence-electron chi connectivity index (χ2n) is 3.28. The summed E-state index contributed by atoms with van der Waals surface area (Å²) in [5.74, 6) is -5.34. The molecule has 0 heterocycles. The molecule has 0 saturated heterocycles. The number of benzene rings is 1. The zero-order valence-electron chi connectivity index (χ0n) is 7.87. The molecule has 1 atom stereocenters. The molecule has 1 unspecified atom stereocenters. The van der Waals surface area contributed by atoms with Gasteiger partial charge < -0.3 is 20.4 Å². The van der Waals surface area contributed by atoms with Gasteiger partial charge in [-0.15, -0.1) is 0 Å². The Morgan fingerprint density at radius 3 is 2.13 bits per heavy atom. The van der Waals surface area contributed by atoms with E-state index in [-0.39, 0.29) is 0 Å². The summed E-state index contributed by atoms with van der Waals surface area (Å²) in [5, 5.41) is 35.1. The summed E-state index contributed by atoms with van der Waals surface area (Å²) in [6, 6.07) is 8.08. The number of aliphatic hydroxyl groups is 3. The summed E-state index contributed by atoms with van der Waals surface area (Å²) in [7, 11) is 0. The number of aliphatic carboxylic acids is 1. The summed E-state index contributed by atoms with van der Waals surface area (Å²) in [6.07, 6.45) is -0.674. The third-order valence-corrected chi connectivity index (χ3v) is 1.98. The van der Waals surface area contributed by atoms with Crippen LogP contribution in [-0.4, -0.2) is 32.4 Å². The number of carbonyl (C=O) groups is 1. The molecule has 15 heavy (non-hydrogen) atoms. The van der Waals surface area contributed by atoms with Gasteiger partial charge in [0.15, 0.2) is 0 Å². The van der Waals surface area contributed by atoms with Gasteiger partial charge in [-0.1, -0.05) is 30.3 Å². The molecule has 0 bridgehead atoms. The van der Waals surface area contributed by atoms with Crippen molar-refractivity contribution in [3.63, 3.8) is 0 Å². The summed E-state index contributed by atoms with van der Waals surface area (Å²) in [6.45, 7) is 0. The SMILES string of the molecule is O=C(O)C(CC(O)(O)O)c1ccccc1.